The van der Waals surface area contributed by atoms with Crippen LogP contribution >= 0.6 is 0 Å². The fraction of sp³-hybridized carbons (Fsp3) is 0.0938. The molecule has 0 N–H and O–H groups in total. The van der Waals surface area contributed by atoms with Crippen LogP contribution in [0.1, 0.15) is 61.1 Å². The number of hydrogen-bond acceptors (Lipinski definition) is 2. The molecule has 0 spiro atoms. The maximum atomic E-state index is 2.42. The van der Waals surface area contributed by atoms with E-state index in [4.69, 9.17) is 0 Å². The molecule has 66 heavy (non-hydrogen) atoms. The second-order valence-corrected chi connectivity index (χ2v) is 19.0. The normalized spacial score (nSPS) is 13.9. The fourth-order valence-electron chi connectivity index (χ4n) is 11.2. The Morgan fingerprint density at radius 2 is 0.636 bits per heavy atom. The highest BCUT2D eigenvalue weighted by Gasteiger charge is 2.39. The highest BCUT2D eigenvalue weighted by molar-refractivity contribution is 6.01. The molecular formula is C64H50N2. The molecule has 2 aliphatic rings. The summed E-state index contributed by atoms with van der Waals surface area (Å²) in [6.45, 7) is 9.56. The van der Waals surface area contributed by atoms with Crippen LogP contribution in [0.2, 0.25) is 0 Å². The Morgan fingerprint density at radius 1 is 0.303 bits per heavy atom. The Morgan fingerprint density at radius 3 is 0.985 bits per heavy atom. The monoisotopic (exact) mass is 846 g/mol. The molecule has 10 aromatic rings. The van der Waals surface area contributed by atoms with Crippen LogP contribution in [0.25, 0.3) is 56.0 Å². The van der Waals surface area contributed by atoms with Gasteiger partial charge in [-0.25, -0.2) is 0 Å². The van der Waals surface area contributed by atoms with Crippen molar-refractivity contribution in [2.45, 2.75) is 38.5 Å². The Kier molecular flexibility index (Phi) is 9.22. The average molecular weight is 847 g/mol. The van der Waals surface area contributed by atoms with Gasteiger partial charge in [-0.2, -0.15) is 0 Å². The second kappa shape index (κ2) is 15.4. The highest BCUT2D eigenvalue weighted by atomic mass is 15.1. The lowest BCUT2D eigenvalue weighted by atomic mass is 9.80. The first-order valence-electron chi connectivity index (χ1n) is 23.2. The molecule has 0 saturated heterocycles. The lowest BCUT2D eigenvalue weighted by Gasteiger charge is -2.28. The predicted octanol–water partition coefficient (Wildman–Crippen LogP) is 17.7. The molecule has 2 aliphatic carbocycles. The van der Waals surface area contributed by atoms with Gasteiger partial charge in [0.05, 0.1) is 0 Å². The molecule has 12 rings (SSSR count). The van der Waals surface area contributed by atoms with Crippen LogP contribution in [0.3, 0.4) is 0 Å². The van der Waals surface area contributed by atoms with E-state index in [1.165, 1.54) is 88.6 Å². The van der Waals surface area contributed by atoms with Gasteiger partial charge in [0.2, 0.25) is 0 Å². The van der Waals surface area contributed by atoms with Crippen LogP contribution in [0, 0.1) is 0 Å². The molecule has 10 aromatic carbocycles. The van der Waals surface area contributed by atoms with E-state index in [1.807, 2.05) is 0 Å². The predicted molar refractivity (Wildman–Crippen MR) is 281 cm³/mol. The number of anilines is 6. The molecule has 2 heteroatoms. The molecule has 0 aromatic heterocycles. The number of benzene rings is 10. The first kappa shape index (κ1) is 39.6. The number of para-hydroxylation sites is 4. The Labute approximate surface area is 388 Å². The zero-order chi connectivity index (χ0) is 44.6. The summed E-state index contributed by atoms with van der Waals surface area (Å²) in [5.41, 5.74) is 19.8. The van der Waals surface area contributed by atoms with E-state index in [1.54, 1.807) is 0 Å². The van der Waals surface area contributed by atoms with Crippen molar-refractivity contribution < 1.29 is 0 Å². The average Bonchev–Trinajstić information content (AvgIpc) is 3.73. The molecule has 0 amide bonds. The maximum Gasteiger partial charge on any atom is 0.0465 e. The van der Waals surface area contributed by atoms with E-state index in [0.717, 1.165) is 22.7 Å². The number of fused-ring (bicyclic) bond motifs is 10. The van der Waals surface area contributed by atoms with E-state index < -0.39 is 0 Å². The van der Waals surface area contributed by atoms with Crippen molar-refractivity contribution in [3.63, 3.8) is 0 Å². The van der Waals surface area contributed by atoms with Gasteiger partial charge in [0.25, 0.3) is 0 Å². The molecule has 0 fully saturated rings. The summed E-state index contributed by atoms with van der Waals surface area (Å²) in [6, 6.07) is 80.0. The van der Waals surface area contributed by atoms with Crippen LogP contribution in [-0.4, -0.2) is 0 Å². The molecule has 0 unspecified atom stereocenters. The molecule has 2 nitrogen and oxygen atoms in total. The van der Waals surface area contributed by atoms with E-state index in [9.17, 15) is 0 Å². The largest absolute Gasteiger partial charge is 0.310 e. The Hall–Kier alpha value is -7.94. The van der Waals surface area contributed by atoms with Gasteiger partial charge in [0, 0.05) is 45.0 Å². The smallest absolute Gasteiger partial charge is 0.0465 e. The molecule has 316 valence electrons. The zero-order valence-electron chi connectivity index (χ0n) is 37.8. The summed E-state index contributed by atoms with van der Waals surface area (Å²) in [6.07, 6.45) is 4.53. The maximum absolute atomic E-state index is 2.42. The third-order valence-electron chi connectivity index (χ3n) is 14.3. The molecule has 0 aliphatic heterocycles. The van der Waals surface area contributed by atoms with Crippen LogP contribution in [0.15, 0.2) is 218 Å². The SMILES string of the molecule is CC1(C)c2cc(N(c3ccccc3)c3ccccc3)ccc2-c2ccc3cc(/C=C/c4ccc5c6c(ccc5c4)-c4ccc(N(c5ccccc5)c5ccccc5)cc4C6(C)C)ccc3c21. The summed E-state index contributed by atoms with van der Waals surface area (Å²) >= 11 is 0. The molecule has 0 atom stereocenters. The van der Waals surface area contributed by atoms with Crippen LogP contribution in [-0.2, 0) is 10.8 Å². The van der Waals surface area contributed by atoms with Crippen LogP contribution in [0.4, 0.5) is 34.1 Å². The number of hydrogen-bond donors (Lipinski definition) is 0. The van der Waals surface area contributed by atoms with Gasteiger partial charge in [-0.15, -0.1) is 0 Å². The van der Waals surface area contributed by atoms with Gasteiger partial charge in [-0.05, 0) is 162 Å². The molecular weight excluding hydrogens is 797 g/mol. The summed E-state index contributed by atoms with van der Waals surface area (Å²) in [5, 5.41) is 5.17. The van der Waals surface area contributed by atoms with E-state index in [0.29, 0.717) is 0 Å². The van der Waals surface area contributed by atoms with Crippen molar-refractivity contribution in [1.82, 2.24) is 0 Å². The topological polar surface area (TPSA) is 6.48 Å². The van der Waals surface area contributed by atoms with Crippen molar-refractivity contribution in [3.8, 4) is 22.3 Å². The van der Waals surface area contributed by atoms with E-state index in [-0.39, 0.29) is 10.8 Å². The van der Waals surface area contributed by atoms with Gasteiger partial charge in [-0.1, -0.05) is 173 Å². The van der Waals surface area contributed by atoms with Crippen LogP contribution in [0.5, 0.6) is 0 Å². The van der Waals surface area contributed by atoms with Gasteiger partial charge < -0.3 is 9.80 Å². The van der Waals surface area contributed by atoms with Crippen molar-refractivity contribution in [1.29, 1.82) is 0 Å². The van der Waals surface area contributed by atoms with Crippen molar-refractivity contribution in [3.05, 3.63) is 252 Å². The van der Waals surface area contributed by atoms with E-state index >= 15 is 0 Å². The second-order valence-electron chi connectivity index (χ2n) is 19.0. The third kappa shape index (κ3) is 6.39. The van der Waals surface area contributed by atoms with Gasteiger partial charge in [0.15, 0.2) is 0 Å². The summed E-state index contributed by atoms with van der Waals surface area (Å²) in [5.74, 6) is 0. The Bertz CT molecular complexity index is 3200. The minimum absolute atomic E-state index is 0.176. The van der Waals surface area contributed by atoms with Crippen LogP contribution < -0.4 is 9.80 Å². The zero-order valence-corrected chi connectivity index (χ0v) is 37.8. The van der Waals surface area contributed by atoms with Gasteiger partial charge in [0.1, 0.15) is 0 Å². The van der Waals surface area contributed by atoms with Crippen molar-refractivity contribution >= 4 is 67.8 Å². The number of rotatable bonds is 8. The third-order valence-corrected chi connectivity index (χ3v) is 14.3. The van der Waals surface area contributed by atoms with Crippen molar-refractivity contribution in [2.75, 3.05) is 9.80 Å². The first-order chi connectivity index (χ1) is 32.2. The van der Waals surface area contributed by atoms with Gasteiger partial charge in [-0.3, -0.25) is 0 Å². The standard InChI is InChI=1S/C64H50N2/c1-63(2)59-41-51(65(47-17-9-5-10-18-47)48-19-11-6-12-20-48)31-37-55(59)57-35-29-45-39-43(27-33-53(45)61(57)63)25-26-44-28-34-54-46(40-44)30-36-58-56-38-32-52(42-60(56)64(3,4)62(54)58)66(49-21-13-7-14-22-49)50-23-15-8-16-24-50/h5-42H,1-4H3/b26-25+. The lowest BCUT2D eigenvalue weighted by Crippen LogP contribution is -2.17. The lowest BCUT2D eigenvalue weighted by molar-refractivity contribution is 0.666. The first-order valence-corrected chi connectivity index (χ1v) is 23.2. The Balaban J connectivity index is 0.838. The molecule has 0 bridgehead atoms. The van der Waals surface area contributed by atoms with E-state index in [2.05, 4.69) is 268 Å². The molecule has 0 saturated carbocycles. The number of nitrogens with zero attached hydrogens (tertiary/aromatic N) is 2. The summed E-state index contributed by atoms with van der Waals surface area (Å²) in [7, 11) is 0. The fourth-order valence-corrected chi connectivity index (χ4v) is 11.2. The molecule has 0 heterocycles. The summed E-state index contributed by atoms with van der Waals surface area (Å²) in [4.78, 5) is 4.72. The summed E-state index contributed by atoms with van der Waals surface area (Å²) < 4.78 is 0. The highest BCUT2D eigenvalue weighted by Crippen LogP contribution is 2.55. The minimum Gasteiger partial charge on any atom is -0.310 e. The quantitative estimate of drug-likeness (QED) is 0.141. The molecule has 0 radical (unpaired) electrons. The van der Waals surface area contributed by atoms with Gasteiger partial charge >= 0.3 is 0 Å². The minimum atomic E-state index is -0.176. The van der Waals surface area contributed by atoms with Crippen molar-refractivity contribution in [2.24, 2.45) is 0 Å².